The number of nitrogens with zero attached hydrogens (tertiary/aromatic N) is 2. The van der Waals surface area contributed by atoms with Crippen LogP contribution in [0.2, 0.25) is 0 Å². The van der Waals surface area contributed by atoms with E-state index in [1.54, 1.807) is 0 Å². The van der Waals surface area contributed by atoms with Crippen LogP contribution in [-0.4, -0.2) is 23.0 Å². The molecule has 1 aromatic carbocycles. The van der Waals surface area contributed by atoms with Gasteiger partial charge in [-0.05, 0) is 19.9 Å². The predicted octanol–water partition coefficient (Wildman–Crippen LogP) is 4.50. The summed E-state index contributed by atoms with van der Waals surface area (Å²) in [6.45, 7) is 0.803. The Bertz CT molecular complexity index is 541. The van der Waals surface area contributed by atoms with E-state index < -0.39 is 0 Å². The largest absolute Gasteiger partial charge is 0.439 e. The van der Waals surface area contributed by atoms with E-state index in [9.17, 15) is 0 Å². The zero-order valence-electron chi connectivity index (χ0n) is 12.8. The number of benzene rings is 1. The zero-order valence-corrected chi connectivity index (χ0v) is 12.8. The van der Waals surface area contributed by atoms with Gasteiger partial charge in [0.15, 0.2) is 5.76 Å². The lowest BCUT2D eigenvalue weighted by Crippen LogP contribution is -2.30. The molecule has 0 aliphatic heterocycles. The monoisotopic (exact) mass is 284 g/mol. The first-order valence-corrected chi connectivity index (χ1v) is 8.03. The minimum Gasteiger partial charge on any atom is -0.439 e. The highest BCUT2D eigenvalue weighted by Gasteiger charge is 2.18. The molecular formula is C18H24N2O. The molecule has 0 atom stereocenters. The molecular weight excluding hydrogens is 260 g/mol. The van der Waals surface area contributed by atoms with E-state index in [1.165, 1.54) is 38.5 Å². The Morgan fingerprint density at radius 3 is 2.52 bits per heavy atom. The van der Waals surface area contributed by atoms with Crippen LogP contribution in [0.1, 0.15) is 44.4 Å². The SMILES string of the molecule is CN(Cc1ncc(-c2ccccc2)o1)C1CCCCCC1. The second kappa shape index (κ2) is 6.90. The van der Waals surface area contributed by atoms with E-state index in [0.29, 0.717) is 6.04 Å². The van der Waals surface area contributed by atoms with Crippen LogP contribution in [0.4, 0.5) is 0 Å². The van der Waals surface area contributed by atoms with Crippen molar-refractivity contribution in [2.75, 3.05) is 7.05 Å². The summed E-state index contributed by atoms with van der Waals surface area (Å²) in [5, 5.41) is 0. The fourth-order valence-electron chi connectivity index (χ4n) is 3.16. The average molecular weight is 284 g/mol. The summed E-state index contributed by atoms with van der Waals surface area (Å²) in [5.74, 6) is 1.68. The molecule has 0 radical (unpaired) electrons. The molecule has 112 valence electrons. The molecule has 2 aromatic rings. The van der Waals surface area contributed by atoms with Crippen molar-refractivity contribution in [2.24, 2.45) is 0 Å². The molecule has 1 aliphatic carbocycles. The Labute approximate surface area is 127 Å². The quantitative estimate of drug-likeness (QED) is 0.774. The van der Waals surface area contributed by atoms with Gasteiger partial charge in [0.25, 0.3) is 0 Å². The third kappa shape index (κ3) is 3.73. The van der Waals surface area contributed by atoms with Crippen LogP contribution in [0.25, 0.3) is 11.3 Å². The van der Waals surface area contributed by atoms with Crippen molar-refractivity contribution in [3.63, 3.8) is 0 Å². The van der Waals surface area contributed by atoms with Crippen molar-refractivity contribution in [2.45, 2.75) is 51.1 Å². The van der Waals surface area contributed by atoms with E-state index in [-0.39, 0.29) is 0 Å². The van der Waals surface area contributed by atoms with Gasteiger partial charge in [-0.3, -0.25) is 4.90 Å². The molecule has 1 saturated carbocycles. The summed E-state index contributed by atoms with van der Waals surface area (Å²) < 4.78 is 5.91. The summed E-state index contributed by atoms with van der Waals surface area (Å²) >= 11 is 0. The first-order chi connectivity index (χ1) is 10.3. The van der Waals surface area contributed by atoms with Gasteiger partial charge in [-0.2, -0.15) is 0 Å². The third-order valence-electron chi connectivity index (χ3n) is 4.44. The average Bonchev–Trinajstić information content (AvgIpc) is 2.81. The van der Waals surface area contributed by atoms with Crippen molar-refractivity contribution in [3.05, 3.63) is 42.4 Å². The fraction of sp³-hybridized carbons (Fsp3) is 0.500. The highest BCUT2D eigenvalue weighted by molar-refractivity contribution is 5.55. The van der Waals surface area contributed by atoms with Crippen molar-refractivity contribution < 1.29 is 4.42 Å². The van der Waals surface area contributed by atoms with Crippen LogP contribution < -0.4 is 0 Å². The molecule has 1 aliphatic rings. The van der Waals surface area contributed by atoms with E-state index in [0.717, 1.165) is 23.8 Å². The van der Waals surface area contributed by atoms with Crippen molar-refractivity contribution in [1.82, 2.24) is 9.88 Å². The summed E-state index contributed by atoms with van der Waals surface area (Å²) in [7, 11) is 2.20. The molecule has 0 amide bonds. The highest BCUT2D eigenvalue weighted by Crippen LogP contribution is 2.24. The molecule has 0 spiro atoms. The Kier molecular flexibility index (Phi) is 4.71. The molecule has 3 rings (SSSR count). The van der Waals surface area contributed by atoms with Crippen LogP contribution in [-0.2, 0) is 6.54 Å². The molecule has 0 N–H and O–H groups in total. The Morgan fingerprint density at radius 2 is 1.81 bits per heavy atom. The van der Waals surface area contributed by atoms with Crippen LogP contribution >= 0.6 is 0 Å². The van der Waals surface area contributed by atoms with Crippen LogP contribution in [0.5, 0.6) is 0 Å². The molecule has 0 bridgehead atoms. The Balaban J connectivity index is 1.64. The molecule has 1 heterocycles. The summed E-state index contributed by atoms with van der Waals surface area (Å²) in [6, 6.07) is 10.9. The molecule has 21 heavy (non-hydrogen) atoms. The van der Waals surface area contributed by atoms with Crippen molar-refractivity contribution in [1.29, 1.82) is 0 Å². The van der Waals surface area contributed by atoms with Crippen molar-refractivity contribution in [3.8, 4) is 11.3 Å². The number of oxazole rings is 1. The summed E-state index contributed by atoms with van der Waals surface area (Å²) in [5.41, 5.74) is 1.09. The highest BCUT2D eigenvalue weighted by atomic mass is 16.4. The molecule has 1 aromatic heterocycles. The minimum absolute atomic E-state index is 0.680. The van der Waals surface area contributed by atoms with Gasteiger partial charge in [0.05, 0.1) is 12.7 Å². The third-order valence-corrected chi connectivity index (χ3v) is 4.44. The van der Waals surface area contributed by atoms with E-state index in [4.69, 9.17) is 4.42 Å². The minimum atomic E-state index is 0.680. The van der Waals surface area contributed by atoms with E-state index in [1.807, 2.05) is 24.4 Å². The standard InChI is InChI=1S/C18H24N2O/c1-20(16-11-7-2-3-8-12-16)14-18-19-13-17(21-18)15-9-5-4-6-10-15/h4-6,9-10,13,16H,2-3,7-8,11-12,14H2,1H3. The maximum Gasteiger partial charge on any atom is 0.209 e. The lowest BCUT2D eigenvalue weighted by atomic mass is 10.1. The fourth-order valence-corrected chi connectivity index (χ4v) is 3.16. The first kappa shape index (κ1) is 14.3. The number of hydrogen-bond acceptors (Lipinski definition) is 3. The van der Waals surface area contributed by atoms with Gasteiger partial charge >= 0.3 is 0 Å². The Morgan fingerprint density at radius 1 is 1.10 bits per heavy atom. The van der Waals surface area contributed by atoms with E-state index in [2.05, 4.69) is 29.1 Å². The lowest BCUT2D eigenvalue weighted by molar-refractivity contribution is 0.195. The number of hydrogen-bond donors (Lipinski definition) is 0. The molecule has 3 heteroatoms. The van der Waals surface area contributed by atoms with Gasteiger partial charge in [-0.1, -0.05) is 56.0 Å². The normalized spacial score (nSPS) is 17.0. The second-order valence-electron chi connectivity index (χ2n) is 6.04. The number of aromatic nitrogens is 1. The van der Waals surface area contributed by atoms with Crippen molar-refractivity contribution >= 4 is 0 Å². The molecule has 0 unspecified atom stereocenters. The maximum absolute atomic E-state index is 5.91. The van der Waals surface area contributed by atoms with Crippen LogP contribution in [0.15, 0.2) is 40.9 Å². The topological polar surface area (TPSA) is 29.3 Å². The molecule has 0 saturated heterocycles. The van der Waals surface area contributed by atoms with Crippen LogP contribution in [0, 0.1) is 0 Å². The molecule has 3 nitrogen and oxygen atoms in total. The van der Waals surface area contributed by atoms with E-state index >= 15 is 0 Å². The smallest absolute Gasteiger partial charge is 0.209 e. The number of rotatable bonds is 4. The molecule has 1 fully saturated rings. The predicted molar refractivity (Wildman–Crippen MR) is 84.9 cm³/mol. The van der Waals surface area contributed by atoms with Gasteiger partial charge in [0.1, 0.15) is 0 Å². The van der Waals surface area contributed by atoms with Gasteiger partial charge in [0, 0.05) is 11.6 Å². The lowest BCUT2D eigenvalue weighted by Gasteiger charge is -2.25. The van der Waals surface area contributed by atoms with Crippen LogP contribution in [0.3, 0.4) is 0 Å². The first-order valence-electron chi connectivity index (χ1n) is 8.03. The zero-order chi connectivity index (χ0) is 14.5. The van der Waals surface area contributed by atoms with Gasteiger partial charge in [-0.25, -0.2) is 4.98 Å². The summed E-state index contributed by atoms with van der Waals surface area (Å²) in [4.78, 5) is 6.85. The maximum atomic E-state index is 5.91. The van der Waals surface area contributed by atoms with Gasteiger partial charge in [0.2, 0.25) is 5.89 Å². The Hall–Kier alpha value is -1.61. The summed E-state index contributed by atoms with van der Waals surface area (Å²) in [6.07, 6.45) is 9.95. The van der Waals surface area contributed by atoms with Gasteiger partial charge < -0.3 is 4.42 Å². The second-order valence-corrected chi connectivity index (χ2v) is 6.04. The van der Waals surface area contributed by atoms with Gasteiger partial charge in [-0.15, -0.1) is 0 Å².